The van der Waals surface area contributed by atoms with E-state index in [9.17, 15) is 9.18 Å². The number of nitrogens with one attached hydrogen (secondary N) is 2. The molecular formula is C23H27FN4O4. The van der Waals surface area contributed by atoms with E-state index in [0.29, 0.717) is 35.7 Å². The quantitative estimate of drug-likeness (QED) is 0.512. The van der Waals surface area contributed by atoms with Crippen molar-refractivity contribution in [3.05, 3.63) is 59.7 Å². The zero-order chi connectivity index (χ0) is 23.1. The van der Waals surface area contributed by atoms with Crippen LogP contribution in [0, 0.1) is 6.92 Å². The zero-order valence-corrected chi connectivity index (χ0v) is 18.6. The number of pyridine rings is 1. The van der Waals surface area contributed by atoms with Crippen LogP contribution < -0.4 is 15.4 Å². The van der Waals surface area contributed by atoms with Gasteiger partial charge in [-0.1, -0.05) is 6.07 Å². The fraction of sp³-hybridized carbons (Fsp3) is 0.348. The van der Waals surface area contributed by atoms with E-state index in [4.69, 9.17) is 13.9 Å². The summed E-state index contributed by atoms with van der Waals surface area (Å²) >= 11 is 0. The summed E-state index contributed by atoms with van der Waals surface area (Å²) in [4.78, 5) is 20.4. The molecule has 1 amide bonds. The molecule has 2 aromatic heterocycles. The number of anilines is 1. The lowest BCUT2D eigenvalue weighted by Crippen LogP contribution is -2.34. The van der Waals surface area contributed by atoms with E-state index >= 15 is 0 Å². The molecule has 0 atom stereocenters. The second kappa shape index (κ2) is 10.1. The number of benzene rings is 1. The number of aryl methyl sites for hydroxylation is 1. The Morgan fingerprint density at radius 1 is 1.25 bits per heavy atom. The third-order valence-electron chi connectivity index (χ3n) is 4.21. The van der Waals surface area contributed by atoms with E-state index in [1.54, 1.807) is 45.2 Å². The molecule has 8 nitrogen and oxygen atoms in total. The lowest BCUT2D eigenvalue weighted by molar-refractivity contribution is 0.0531. The topological polar surface area (TPSA) is 98.5 Å². The van der Waals surface area contributed by atoms with Crippen molar-refractivity contribution in [1.82, 2.24) is 15.3 Å². The third kappa shape index (κ3) is 6.97. The average molecular weight is 442 g/mol. The van der Waals surface area contributed by atoms with Crippen LogP contribution in [0.1, 0.15) is 32.0 Å². The van der Waals surface area contributed by atoms with Crippen molar-refractivity contribution < 1.29 is 23.1 Å². The molecule has 170 valence electrons. The number of hydrogen-bond donors (Lipinski definition) is 2. The third-order valence-corrected chi connectivity index (χ3v) is 4.21. The molecule has 2 heterocycles. The van der Waals surface area contributed by atoms with E-state index in [1.165, 1.54) is 0 Å². The molecule has 0 radical (unpaired) electrons. The monoisotopic (exact) mass is 442 g/mol. The van der Waals surface area contributed by atoms with Gasteiger partial charge in [0.05, 0.1) is 6.33 Å². The number of halogens is 1. The first-order valence-electron chi connectivity index (χ1n) is 10.2. The number of ether oxygens (including phenoxy) is 2. The Bertz CT molecular complexity index is 1090. The average Bonchev–Trinajstić information content (AvgIpc) is 3.14. The van der Waals surface area contributed by atoms with Gasteiger partial charge >= 0.3 is 6.09 Å². The number of carbonyl (C=O) groups excluding carboxylic acids is 1. The smallest absolute Gasteiger partial charge is 0.407 e. The van der Waals surface area contributed by atoms with Crippen LogP contribution in [0.2, 0.25) is 0 Å². The molecule has 3 aromatic rings. The summed E-state index contributed by atoms with van der Waals surface area (Å²) in [6.45, 7) is 7.64. The number of carbonyl (C=O) groups is 1. The molecule has 0 aliphatic rings. The van der Waals surface area contributed by atoms with Crippen molar-refractivity contribution in [2.24, 2.45) is 0 Å². The van der Waals surface area contributed by atoms with Crippen LogP contribution in [0.5, 0.6) is 5.75 Å². The van der Waals surface area contributed by atoms with Gasteiger partial charge < -0.3 is 24.5 Å². The van der Waals surface area contributed by atoms with Crippen molar-refractivity contribution in [3.8, 4) is 5.75 Å². The van der Waals surface area contributed by atoms with Crippen molar-refractivity contribution in [2.75, 3.05) is 18.5 Å². The van der Waals surface area contributed by atoms with Crippen LogP contribution >= 0.6 is 0 Å². The highest BCUT2D eigenvalue weighted by molar-refractivity contribution is 5.76. The lowest BCUT2D eigenvalue weighted by Gasteiger charge is -2.20. The molecule has 0 bridgehead atoms. The molecule has 0 spiro atoms. The van der Waals surface area contributed by atoms with Gasteiger partial charge in [0.15, 0.2) is 5.58 Å². The van der Waals surface area contributed by atoms with Crippen LogP contribution in [-0.2, 0) is 11.3 Å². The summed E-state index contributed by atoms with van der Waals surface area (Å²) < 4.78 is 29.7. The van der Waals surface area contributed by atoms with Crippen LogP contribution in [0.15, 0.2) is 52.8 Å². The first-order chi connectivity index (χ1) is 15.2. The van der Waals surface area contributed by atoms with Crippen LogP contribution in [-0.4, -0.2) is 34.8 Å². The number of amides is 1. The maximum absolute atomic E-state index is 13.2. The van der Waals surface area contributed by atoms with E-state index in [-0.39, 0.29) is 18.7 Å². The lowest BCUT2D eigenvalue weighted by atomic mass is 10.2. The summed E-state index contributed by atoms with van der Waals surface area (Å²) in [5, 5.41) is 5.62. The number of oxazole rings is 1. The minimum atomic E-state index is -0.628. The normalized spacial score (nSPS) is 12.0. The predicted octanol–water partition coefficient (Wildman–Crippen LogP) is 4.90. The van der Waals surface area contributed by atoms with Gasteiger partial charge in [0, 0.05) is 36.6 Å². The molecule has 1 aromatic carbocycles. The van der Waals surface area contributed by atoms with E-state index in [2.05, 4.69) is 20.6 Å². The molecule has 32 heavy (non-hydrogen) atoms. The Hall–Kier alpha value is -3.62. The van der Waals surface area contributed by atoms with Crippen molar-refractivity contribution in [2.45, 2.75) is 39.8 Å². The van der Waals surface area contributed by atoms with Gasteiger partial charge in [-0.2, -0.15) is 4.98 Å². The Morgan fingerprint density at radius 3 is 2.75 bits per heavy atom. The van der Waals surface area contributed by atoms with Crippen LogP contribution in [0.4, 0.5) is 15.2 Å². The Labute approximate surface area is 185 Å². The van der Waals surface area contributed by atoms with E-state index < -0.39 is 11.7 Å². The number of fused-ring (bicyclic) bond motifs is 1. The number of rotatable bonds is 8. The number of aromatic nitrogens is 2. The second-order valence-corrected chi connectivity index (χ2v) is 8.22. The Kier molecular flexibility index (Phi) is 7.29. The molecule has 0 fully saturated rings. The van der Waals surface area contributed by atoms with Gasteiger partial charge in [-0.05, 0) is 51.5 Å². The number of alkyl carbamates (subject to hydrolysis) is 1. The zero-order valence-electron chi connectivity index (χ0n) is 18.6. The van der Waals surface area contributed by atoms with Crippen molar-refractivity contribution in [3.63, 3.8) is 0 Å². The molecular weight excluding hydrogens is 415 g/mol. The molecule has 0 saturated heterocycles. The van der Waals surface area contributed by atoms with Gasteiger partial charge in [0.2, 0.25) is 0 Å². The van der Waals surface area contributed by atoms with E-state index in [1.807, 2.05) is 19.1 Å². The van der Waals surface area contributed by atoms with Gasteiger partial charge in [-0.3, -0.25) is 4.98 Å². The summed E-state index contributed by atoms with van der Waals surface area (Å²) in [6, 6.07) is 9.45. The molecule has 3 rings (SSSR count). The molecule has 2 N–H and O–H groups in total. The van der Waals surface area contributed by atoms with Gasteiger partial charge in [-0.25, -0.2) is 9.18 Å². The molecule has 0 unspecified atom stereocenters. The van der Waals surface area contributed by atoms with Gasteiger partial charge in [0.25, 0.3) is 6.01 Å². The number of nitrogens with zero attached hydrogens (tertiary/aromatic N) is 2. The summed E-state index contributed by atoms with van der Waals surface area (Å²) in [6.07, 6.45) is 1.58. The van der Waals surface area contributed by atoms with Gasteiger partial charge in [0.1, 0.15) is 23.5 Å². The Balaban J connectivity index is 1.53. The Morgan fingerprint density at radius 2 is 2.06 bits per heavy atom. The maximum atomic E-state index is 13.2. The van der Waals surface area contributed by atoms with E-state index in [0.717, 1.165) is 11.3 Å². The minimum Gasteiger partial charge on any atom is -0.489 e. The fourth-order valence-electron chi connectivity index (χ4n) is 2.65. The summed E-state index contributed by atoms with van der Waals surface area (Å²) in [7, 11) is 0. The van der Waals surface area contributed by atoms with Gasteiger partial charge in [-0.15, -0.1) is 0 Å². The van der Waals surface area contributed by atoms with Crippen LogP contribution in [0.3, 0.4) is 0 Å². The second-order valence-electron chi connectivity index (χ2n) is 8.22. The van der Waals surface area contributed by atoms with Crippen molar-refractivity contribution in [1.29, 1.82) is 0 Å². The SMILES string of the molecule is Cc1ccc(CNc2nc3ccc(OC/C(=C/F)CNC(=O)OC(C)(C)C)cc3o2)cn1. The van der Waals surface area contributed by atoms with Crippen LogP contribution in [0.25, 0.3) is 11.1 Å². The molecule has 0 aliphatic carbocycles. The largest absolute Gasteiger partial charge is 0.489 e. The molecule has 0 aliphatic heterocycles. The highest BCUT2D eigenvalue weighted by atomic mass is 19.1. The minimum absolute atomic E-state index is 0.0299. The molecule has 0 saturated carbocycles. The standard InChI is InChI=1S/C23H27FN4O4/c1-15-5-6-16(11-25-15)12-26-21-28-19-8-7-18(9-20(19)31-21)30-14-17(10-24)13-27-22(29)32-23(2,3)4/h5-11H,12-14H2,1-4H3,(H,26,28)(H,27,29)/b17-10+. The van der Waals surface area contributed by atoms with Crippen molar-refractivity contribution >= 4 is 23.2 Å². The highest BCUT2D eigenvalue weighted by Crippen LogP contribution is 2.24. The fourth-order valence-corrected chi connectivity index (χ4v) is 2.65. The predicted molar refractivity (Wildman–Crippen MR) is 119 cm³/mol. The molecule has 9 heteroatoms. The maximum Gasteiger partial charge on any atom is 0.407 e. The first kappa shape index (κ1) is 23.1. The summed E-state index contributed by atoms with van der Waals surface area (Å²) in [5.74, 6) is 0.486. The number of hydrogen-bond acceptors (Lipinski definition) is 7. The first-order valence-corrected chi connectivity index (χ1v) is 10.2. The summed E-state index contributed by atoms with van der Waals surface area (Å²) in [5.41, 5.74) is 2.78. The highest BCUT2D eigenvalue weighted by Gasteiger charge is 2.16.